The van der Waals surface area contributed by atoms with E-state index in [9.17, 15) is 0 Å². The molecule has 94 valence electrons. The maximum Gasteiger partial charge on any atom is 0.0948 e. The molecule has 0 saturated heterocycles. The fraction of sp³-hybridized carbons (Fsp3) is 0.643. The van der Waals surface area contributed by atoms with Crippen molar-refractivity contribution >= 4 is 0 Å². The number of aromatic nitrogens is 2. The summed E-state index contributed by atoms with van der Waals surface area (Å²) in [5.74, 6) is 0. The molecule has 0 amide bonds. The molecule has 17 heavy (non-hydrogen) atoms. The Labute approximate surface area is 104 Å². The molecule has 0 saturated carbocycles. The number of hydrogen-bond acceptors (Lipinski definition) is 2. The molecule has 0 atom stereocenters. The number of rotatable bonds is 3. The lowest BCUT2D eigenvalue weighted by molar-refractivity contribution is 0.512. The third-order valence-electron chi connectivity index (χ3n) is 3.31. The zero-order valence-electron chi connectivity index (χ0n) is 11.2. The lowest BCUT2D eigenvalue weighted by Gasteiger charge is -2.21. The fourth-order valence-corrected chi connectivity index (χ4v) is 2.28. The monoisotopic (exact) mass is 233 g/mol. The first-order chi connectivity index (χ1) is 8.07. The molecule has 3 nitrogen and oxygen atoms in total. The Morgan fingerprint density at radius 1 is 1.41 bits per heavy atom. The smallest absolute Gasteiger partial charge is 0.0948 e. The topological polar surface area (TPSA) is 29.9 Å². The Morgan fingerprint density at radius 2 is 2.24 bits per heavy atom. The summed E-state index contributed by atoms with van der Waals surface area (Å²) in [5, 5.41) is 3.35. The van der Waals surface area contributed by atoms with Crippen LogP contribution < -0.4 is 5.32 Å². The molecule has 0 aliphatic carbocycles. The Morgan fingerprint density at radius 3 is 2.88 bits per heavy atom. The van der Waals surface area contributed by atoms with Crippen LogP contribution in [0.4, 0.5) is 0 Å². The molecule has 0 spiro atoms. The number of nitrogens with one attached hydrogen (secondary N) is 1. The zero-order chi connectivity index (χ0) is 12.3. The van der Waals surface area contributed by atoms with Gasteiger partial charge in [-0.05, 0) is 19.4 Å². The molecular formula is C14H23N3. The van der Waals surface area contributed by atoms with Crippen LogP contribution >= 0.6 is 0 Å². The molecule has 2 rings (SSSR count). The highest BCUT2D eigenvalue weighted by Crippen LogP contribution is 2.22. The molecule has 0 radical (unpaired) electrons. The summed E-state index contributed by atoms with van der Waals surface area (Å²) < 4.78 is 2.29. The number of aryl methyl sites for hydroxylation is 1. The van der Waals surface area contributed by atoms with Crippen LogP contribution in [0.15, 0.2) is 24.2 Å². The first-order valence-corrected chi connectivity index (χ1v) is 6.46. The summed E-state index contributed by atoms with van der Waals surface area (Å²) in [6.45, 7) is 9.94. The van der Waals surface area contributed by atoms with E-state index in [0.717, 1.165) is 26.1 Å². The van der Waals surface area contributed by atoms with Crippen molar-refractivity contribution in [2.24, 2.45) is 0 Å². The van der Waals surface area contributed by atoms with Gasteiger partial charge in [-0.15, -0.1) is 0 Å². The Balaban J connectivity index is 1.99. The van der Waals surface area contributed by atoms with Crippen LogP contribution in [0.25, 0.3) is 0 Å². The molecule has 0 fully saturated rings. The van der Waals surface area contributed by atoms with Crippen molar-refractivity contribution < 1.29 is 0 Å². The van der Waals surface area contributed by atoms with E-state index >= 15 is 0 Å². The van der Waals surface area contributed by atoms with Crippen molar-refractivity contribution in [3.05, 3.63) is 29.9 Å². The Kier molecular flexibility index (Phi) is 3.67. The molecule has 3 heteroatoms. The highest BCUT2D eigenvalue weighted by atomic mass is 15.0. The first kappa shape index (κ1) is 12.4. The van der Waals surface area contributed by atoms with Crippen LogP contribution in [0.3, 0.4) is 0 Å². The van der Waals surface area contributed by atoms with Crippen molar-refractivity contribution in [2.75, 3.05) is 13.1 Å². The zero-order valence-corrected chi connectivity index (χ0v) is 11.2. The number of imidazole rings is 1. The van der Waals surface area contributed by atoms with E-state index in [0.29, 0.717) is 0 Å². The average Bonchev–Trinajstić information content (AvgIpc) is 2.75. The van der Waals surface area contributed by atoms with Gasteiger partial charge in [0.05, 0.1) is 6.33 Å². The van der Waals surface area contributed by atoms with Crippen LogP contribution in [0, 0.1) is 0 Å². The SMILES string of the molecule is CC(C)(C)c1cncn1CCC1=CCNCC1. The van der Waals surface area contributed by atoms with Crippen molar-refractivity contribution in [2.45, 2.75) is 45.6 Å². The summed E-state index contributed by atoms with van der Waals surface area (Å²) in [6.07, 6.45) is 8.64. The van der Waals surface area contributed by atoms with E-state index in [2.05, 4.69) is 41.7 Å². The van der Waals surface area contributed by atoms with E-state index in [4.69, 9.17) is 0 Å². The lowest BCUT2D eigenvalue weighted by atomic mass is 9.92. The van der Waals surface area contributed by atoms with Crippen LogP contribution in [0.1, 0.15) is 39.3 Å². The quantitative estimate of drug-likeness (QED) is 0.813. The summed E-state index contributed by atoms with van der Waals surface area (Å²) in [4.78, 5) is 4.28. The van der Waals surface area contributed by atoms with Gasteiger partial charge in [0.1, 0.15) is 0 Å². The summed E-state index contributed by atoms with van der Waals surface area (Å²) >= 11 is 0. The second-order valence-corrected chi connectivity index (χ2v) is 5.79. The summed E-state index contributed by atoms with van der Waals surface area (Å²) in [5.41, 5.74) is 3.09. The number of nitrogens with zero attached hydrogens (tertiary/aromatic N) is 2. The fourth-order valence-electron chi connectivity index (χ4n) is 2.28. The van der Waals surface area contributed by atoms with Gasteiger partial charge in [0.25, 0.3) is 0 Å². The van der Waals surface area contributed by atoms with E-state index in [-0.39, 0.29) is 5.41 Å². The minimum atomic E-state index is 0.180. The van der Waals surface area contributed by atoms with Crippen molar-refractivity contribution in [3.8, 4) is 0 Å². The molecular weight excluding hydrogens is 210 g/mol. The van der Waals surface area contributed by atoms with Crippen molar-refractivity contribution in [1.82, 2.24) is 14.9 Å². The molecule has 1 aliphatic heterocycles. The Bertz CT molecular complexity index is 396. The van der Waals surface area contributed by atoms with Gasteiger partial charge in [-0.1, -0.05) is 32.4 Å². The molecule has 2 heterocycles. The molecule has 1 aromatic rings. The van der Waals surface area contributed by atoms with Gasteiger partial charge in [0.2, 0.25) is 0 Å². The molecule has 1 aromatic heterocycles. The van der Waals surface area contributed by atoms with Crippen LogP contribution in [-0.4, -0.2) is 22.6 Å². The van der Waals surface area contributed by atoms with Gasteiger partial charge >= 0.3 is 0 Å². The van der Waals surface area contributed by atoms with Crippen LogP contribution in [0.5, 0.6) is 0 Å². The largest absolute Gasteiger partial charge is 0.334 e. The lowest BCUT2D eigenvalue weighted by Crippen LogP contribution is -2.21. The van der Waals surface area contributed by atoms with Crippen LogP contribution in [0.2, 0.25) is 0 Å². The highest BCUT2D eigenvalue weighted by Gasteiger charge is 2.18. The van der Waals surface area contributed by atoms with Crippen molar-refractivity contribution in [3.63, 3.8) is 0 Å². The van der Waals surface area contributed by atoms with Gasteiger partial charge in [-0.2, -0.15) is 0 Å². The standard InChI is InChI=1S/C14H23N3/c1-14(2,3)13-10-16-11-17(13)9-6-12-4-7-15-8-5-12/h4,10-11,15H,5-9H2,1-3H3. The third-order valence-corrected chi connectivity index (χ3v) is 3.31. The number of hydrogen-bond donors (Lipinski definition) is 1. The molecule has 1 N–H and O–H groups in total. The van der Waals surface area contributed by atoms with E-state index in [1.54, 1.807) is 5.57 Å². The van der Waals surface area contributed by atoms with Gasteiger partial charge in [0.15, 0.2) is 0 Å². The summed E-state index contributed by atoms with van der Waals surface area (Å²) in [6, 6.07) is 0. The minimum Gasteiger partial charge on any atom is -0.334 e. The molecule has 0 aromatic carbocycles. The van der Waals surface area contributed by atoms with Gasteiger partial charge in [-0.3, -0.25) is 0 Å². The first-order valence-electron chi connectivity index (χ1n) is 6.46. The van der Waals surface area contributed by atoms with Crippen LogP contribution in [-0.2, 0) is 12.0 Å². The van der Waals surface area contributed by atoms with Gasteiger partial charge in [0, 0.05) is 30.4 Å². The van der Waals surface area contributed by atoms with E-state index in [1.807, 2.05) is 12.5 Å². The highest BCUT2D eigenvalue weighted by molar-refractivity contribution is 5.12. The van der Waals surface area contributed by atoms with Gasteiger partial charge < -0.3 is 9.88 Å². The molecule has 1 aliphatic rings. The average molecular weight is 233 g/mol. The van der Waals surface area contributed by atoms with Gasteiger partial charge in [-0.25, -0.2) is 4.98 Å². The maximum atomic E-state index is 4.28. The molecule has 0 bridgehead atoms. The predicted octanol–water partition coefficient (Wildman–Crippen LogP) is 2.49. The van der Waals surface area contributed by atoms with Crippen molar-refractivity contribution in [1.29, 1.82) is 0 Å². The third kappa shape index (κ3) is 3.19. The van der Waals surface area contributed by atoms with E-state index in [1.165, 1.54) is 12.1 Å². The second-order valence-electron chi connectivity index (χ2n) is 5.79. The maximum absolute atomic E-state index is 4.28. The molecule has 0 unspecified atom stereocenters. The Hall–Kier alpha value is -1.09. The normalized spacial score (nSPS) is 17.0. The second kappa shape index (κ2) is 5.05. The minimum absolute atomic E-state index is 0.180. The summed E-state index contributed by atoms with van der Waals surface area (Å²) in [7, 11) is 0. The predicted molar refractivity (Wildman–Crippen MR) is 71.1 cm³/mol. The van der Waals surface area contributed by atoms with E-state index < -0.39 is 0 Å².